The van der Waals surface area contributed by atoms with Gasteiger partial charge < -0.3 is 0 Å². The molecule has 2 atom stereocenters. The zero-order chi connectivity index (χ0) is 7.56. The molecule has 2 unspecified atom stereocenters. The second-order valence-electron chi connectivity index (χ2n) is 3.20. The molecule has 1 aliphatic carbocycles. The predicted octanol–water partition coefficient (Wildman–Crippen LogP) is 2.18. The molecule has 0 aromatic rings. The average Bonchev–Trinajstić information content (AvgIpc) is 2.04. The first-order chi connectivity index (χ1) is 4.70. The van der Waals surface area contributed by atoms with Gasteiger partial charge in [0.2, 0.25) is 0 Å². The molecule has 0 N–H and O–H groups in total. The third kappa shape index (κ3) is 1.69. The summed E-state index contributed by atoms with van der Waals surface area (Å²) in [6, 6.07) is 0. The highest BCUT2D eigenvalue weighted by molar-refractivity contribution is 5.89. The number of ketones is 1. The van der Waals surface area contributed by atoms with Crippen LogP contribution in [-0.4, -0.2) is 5.78 Å². The number of allylic oxidation sites excluding steroid dienone is 2. The first-order valence-electron chi connectivity index (χ1n) is 3.91. The van der Waals surface area contributed by atoms with Crippen molar-refractivity contribution in [1.82, 2.24) is 0 Å². The Hall–Kier alpha value is -0.590. The van der Waals surface area contributed by atoms with Crippen LogP contribution < -0.4 is 0 Å². The first-order valence-corrected chi connectivity index (χ1v) is 3.91. The molecule has 10 heavy (non-hydrogen) atoms. The van der Waals surface area contributed by atoms with Crippen molar-refractivity contribution in [2.45, 2.75) is 26.7 Å². The highest BCUT2D eigenvalue weighted by atomic mass is 16.1. The largest absolute Gasteiger partial charge is 0.295 e. The van der Waals surface area contributed by atoms with Gasteiger partial charge in [-0.25, -0.2) is 0 Å². The second-order valence-corrected chi connectivity index (χ2v) is 3.20. The summed E-state index contributed by atoms with van der Waals surface area (Å²) in [5, 5.41) is 0. The number of hydrogen-bond acceptors (Lipinski definition) is 1. The van der Waals surface area contributed by atoms with Gasteiger partial charge >= 0.3 is 0 Å². The van der Waals surface area contributed by atoms with Crippen LogP contribution >= 0.6 is 0 Å². The van der Waals surface area contributed by atoms with Gasteiger partial charge in [0.25, 0.3) is 0 Å². The van der Waals surface area contributed by atoms with E-state index in [-0.39, 0.29) is 5.78 Å². The Morgan fingerprint density at radius 3 is 2.90 bits per heavy atom. The molecule has 0 aromatic heterocycles. The summed E-state index contributed by atoms with van der Waals surface area (Å²) in [6.07, 6.45) is 5.54. The Labute approximate surface area is 62.1 Å². The van der Waals surface area contributed by atoms with E-state index in [1.54, 1.807) is 6.08 Å². The van der Waals surface area contributed by atoms with E-state index < -0.39 is 0 Å². The molecule has 1 aliphatic rings. The molecule has 0 heterocycles. The first kappa shape index (κ1) is 7.52. The summed E-state index contributed by atoms with van der Waals surface area (Å²) in [5.74, 6) is 1.53. The lowest BCUT2D eigenvalue weighted by Crippen LogP contribution is -2.03. The molecular formula is C9H14O. The van der Waals surface area contributed by atoms with E-state index in [1.165, 1.54) is 0 Å². The van der Waals surface area contributed by atoms with Crippen molar-refractivity contribution in [1.29, 1.82) is 0 Å². The number of hydrogen-bond donors (Lipinski definition) is 0. The molecule has 0 saturated heterocycles. The lowest BCUT2D eigenvalue weighted by atomic mass is 9.93. The minimum atomic E-state index is 0.288. The fourth-order valence-corrected chi connectivity index (χ4v) is 1.16. The highest BCUT2D eigenvalue weighted by Gasteiger charge is 2.13. The van der Waals surface area contributed by atoms with Gasteiger partial charge in [-0.3, -0.25) is 4.79 Å². The third-order valence-electron chi connectivity index (χ3n) is 2.33. The summed E-state index contributed by atoms with van der Waals surface area (Å²) < 4.78 is 0. The molecule has 0 bridgehead atoms. The van der Waals surface area contributed by atoms with Crippen molar-refractivity contribution in [3.05, 3.63) is 12.2 Å². The Morgan fingerprint density at radius 1 is 1.50 bits per heavy atom. The van der Waals surface area contributed by atoms with E-state index in [9.17, 15) is 4.79 Å². The van der Waals surface area contributed by atoms with Crippen molar-refractivity contribution in [3.8, 4) is 0 Å². The maximum Gasteiger partial charge on any atom is 0.155 e. The van der Waals surface area contributed by atoms with Crippen LogP contribution in [0.15, 0.2) is 12.2 Å². The van der Waals surface area contributed by atoms with E-state index in [2.05, 4.69) is 13.8 Å². The van der Waals surface area contributed by atoms with Crippen LogP contribution in [0.3, 0.4) is 0 Å². The van der Waals surface area contributed by atoms with Crippen LogP contribution in [-0.2, 0) is 4.79 Å². The summed E-state index contributed by atoms with van der Waals surface area (Å²) in [4.78, 5) is 10.9. The van der Waals surface area contributed by atoms with Gasteiger partial charge in [0.05, 0.1) is 0 Å². The highest BCUT2D eigenvalue weighted by Crippen LogP contribution is 2.21. The Bertz CT molecular complexity index is 158. The smallest absolute Gasteiger partial charge is 0.155 e. The predicted molar refractivity (Wildman–Crippen MR) is 41.7 cm³/mol. The van der Waals surface area contributed by atoms with Gasteiger partial charge in [-0.2, -0.15) is 0 Å². The van der Waals surface area contributed by atoms with Crippen molar-refractivity contribution >= 4 is 5.78 Å². The van der Waals surface area contributed by atoms with Crippen LogP contribution in [0, 0.1) is 11.8 Å². The van der Waals surface area contributed by atoms with Gasteiger partial charge in [0.1, 0.15) is 0 Å². The molecule has 1 nitrogen and oxygen atoms in total. The summed E-state index contributed by atoms with van der Waals surface area (Å²) in [5.41, 5.74) is 0. The van der Waals surface area contributed by atoms with E-state index in [0.29, 0.717) is 11.8 Å². The van der Waals surface area contributed by atoms with E-state index in [4.69, 9.17) is 0 Å². The van der Waals surface area contributed by atoms with E-state index in [0.717, 1.165) is 12.8 Å². The minimum absolute atomic E-state index is 0.288. The summed E-state index contributed by atoms with van der Waals surface area (Å²) in [6.45, 7) is 4.37. The van der Waals surface area contributed by atoms with Gasteiger partial charge in [0.15, 0.2) is 5.78 Å². The molecule has 0 amide bonds. The topological polar surface area (TPSA) is 17.1 Å². The second kappa shape index (κ2) is 3.00. The Balaban J connectivity index is 2.62. The normalized spacial score (nSPS) is 34.0. The SMILES string of the molecule is CC1C=CC(=O)CCC1C. The maximum absolute atomic E-state index is 10.9. The molecular weight excluding hydrogens is 124 g/mol. The Morgan fingerprint density at radius 2 is 2.20 bits per heavy atom. The molecule has 0 radical (unpaired) electrons. The zero-order valence-electron chi connectivity index (χ0n) is 6.63. The third-order valence-corrected chi connectivity index (χ3v) is 2.33. The van der Waals surface area contributed by atoms with Crippen LogP contribution in [0.25, 0.3) is 0 Å². The standard InChI is InChI=1S/C9H14O/c1-7-3-5-9(10)6-4-8(7)2/h3,5,7-8H,4,6H2,1-2H3. The molecule has 0 saturated carbocycles. The van der Waals surface area contributed by atoms with Crippen molar-refractivity contribution in [2.75, 3.05) is 0 Å². The molecule has 0 fully saturated rings. The van der Waals surface area contributed by atoms with Crippen LogP contribution in [0.4, 0.5) is 0 Å². The molecule has 1 rings (SSSR count). The lowest BCUT2D eigenvalue weighted by Gasteiger charge is -2.11. The summed E-state index contributed by atoms with van der Waals surface area (Å²) >= 11 is 0. The molecule has 0 aromatic carbocycles. The van der Waals surface area contributed by atoms with Crippen molar-refractivity contribution in [2.24, 2.45) is 11.8 Å². The fourth-order valence-electron chi connectivity index (χ4n) is 1.16. The van der Waals surface area contributed by atoms with Crippen LogP contribution in [0.1, 0.15) is 26.7 Å². The average molecular weight is 138 g/mol. The van der Waals surface area contributed by atoms with Crippen LogP contribution in [0.5, 0.6) is 0 Å². The van der Waals surface area contributed by atoms with Crippen LogP contribution in [0.2, 0.25) is 0 Å². The van der Waals surface area contributed by atoms with Gasteiger partial charge in [-0.15, -0.1) is 0 Å². The zero-order valence-corrected chi connectivity index (χ0v) is 6.63. The lowest BCUT2D eigenvalue weighted by molar-refractivity contribution is -0.114. The fraction of sp³-hybridized carbons (Fsp3) is 0.667. The molecule has 56 valence electrons. The van der Waals surface area contributed by atoms with E-state index in [1.807, 2.05) is 6.08 Å². The van der Waals surface area contributed by atoms with Gasteiger partial charge in [-0.05, 0) is 24.3 Å². The molecule has 1 heteroatoms. The molecule has 0 aliphatic heterocycles. The van der Waals surface area contributed by atoms with E-state index >= 15 is 0 Å². The molecule has 0 spiro atoms. The minimum Gasteiger partial charge on any atom is -0.295 e. The van der Waals surface area contributed by atoms with Gasteiger partial charge in [-0.1, -0.05) is 19.9 Å². The number of carbonyl (C=O) groups is 1. The monoisotopic (exact) mass is 138 g/mol. The number of carbonyl (C=O) groups excluding carboxylic acids is 1. The van der Waals surface area contributed by atoms with Crippen molar-refractivity contribution < 1.29 is 4.79 Å². The van der Waals surface area contributed by atoms with Crippen molar-refractivity contribution in [3.63, 3.8) is 0 Å². The quantitative estimate of drug-likeness (QED) is 0.501. The van der Waals surface area contributed by atoms with Gasteiger partial charge in [0, 0.05) is 6.42 Å². The Kier molecular flexibility index (Phi) is 2.25. The maximum atomic E-state index is 10.9. The number of rotatable bonds is 0. The summed E-state index contributed by atoms with van der Waals surface area (Å²) in [7, 11) is 0.